The van der Waals surface area contributed by atoms with E-state index in [4.69, 9.17) is 9.84 Å². The van der Waals surface area contributed by atoms with E-state index < -0.39 is 5.97 Å². The number of carboxylic acids is 1. The molecule has 33 heavy (non-hydrogen) atoms. The Labute approximate surface area is 204 Å². The number of carboxylic acid groups (broad SMARTS) is 1. The van der Waals surface area contributed by atoms with Gasteiger partial charge in [-0.05, 0) is 64.2 Å². The van der Waals surface area contributed by atoms with E-state index in [1.807, 2.05) is 0 Å². The molecular weight excluding hydrogens is 412 g/mol. The maximum atomic E-state index is 12.3. The average molecular weight is 465 g/mol. The van der Waals surface area contributed by atoms with Crippen molar-refractivity contribution in [3.8, 4) is 0 Å². The van der Waals surface area contributed by atoms with Crippen molar-refractivity contribution in [3.05, 3.63) is 24.3 Å². The van der Waals surface area contributed by atoms with Crippen LogP contribution in [0.15, 0.2) is 24.3 Å². The zero-order chi connectivity index (χ0) is 24.4. The van der Waals surface area contributed by atoms with Crippen molar-refractivity contribution in [3.63, 3.8) is 0 Å². The first-order valence-corrected chi connectivity index (χ1v) is 13.8. The molecule has 0 aliphatic rings. The van der Waals surface area contributed by atoms with Crippen molar-refractivity contribution >= 4 is 11.9 Å². The van der Waals surface area contributed by atoms with E-state index in [1.54, 1.807) is 0 Å². The van der Waals surface area contributed by atoms with Crippen molar-refractivity contribution in [2.45, 2.75) is 148 Å². The molecular formula is C29H52O4. The minimum absolute atomic E-state index is 0.0227. The van der Waals surface area contributed by atoms with E-state index in [0.29, 0.717) is 6.42 Å². The summed E-state index contributed by atoms with van der Waals surface area (Å²) < 4.78 is 5.83. The van der Waals surface area contributed by atoms with Crippen LogP contribution in [0.4, 0.5) is 0 Å². The number of hydrogen-bond acceptors (Lipinski definition) is 3. The van der Waals surface area contributed by atoms with Crippen LogP contribution < -0.4 is 0 Å². The molecule has 0 saturated heterocycles. The van der Waals surface area contributed by atoms with E-state index in [2.05, 4.69) is 38.2 Å². The third-order valence-corrected chi connectivity index (χ3v) is 5.93. The highest BCUT2D eigenvalue weighted by Crippen LogP contribution is 2.17. The second-order valence-electron chi connectivity index (χ2n) is 9.23. The Morgan fingerprint density at radius 2 is 1.21 bits per heavy atom. The number of unbranched alkanes of at least 4 members (excludes halogenated alkanes) is 11. The number of allylic oxidation sites excluding steroid dienone is 4. The van der Waals surface area contributed by atoms with Gasteiger partial charge in [0.25, 0.3) is 0 Å². The number of aliphatic carboxylic acids is 1. The van der Waals surface area contributed by atoms with Gasteiger partial charge in [0.2, 0.25) is 0 Å². The Balaban J connectivity index is 4.14. The summed E-state index contributed by atoms with van der Waals surface area (Å²) in [5.74, 6) is -0.751. The zero-order valence-electron chi connectivity index (χ0n) is 21.7. The van der Waals surface area contributed by atoms with Crippen molar-refractivity contribution in [1.29, 1.82) is 0 Å². The molecule has 0 rings (SSSR count). The number of hydrogen-bond donors (Lipinski definition) is 1. The Morgan fingerprint density at radius 1 is 0.667 bits per heavy atom. The van der Waals surface area contributed by atoms with Gasteiger partial charge in [0, 0.05) is 12.8 Å². The molecule has 1 unspecified atom stereocenters. The lowest BCUT2D eigenvalue weighted by Gasteiger charge is -2.18. The van der Waals surface area contributed by atoms with Gasteiger partial charge in [-0.1, -0.05) is 89.5 Å². The Morgan fingerprint density at radius 3 is 1.91 bits per heavy atom. The van der Waals surface area contributed by atoms with Crippen molar-refractivity contribution < 1.29 is 19.4 Å². The van der Waals surface area contributed by atoms with Crippen molar-refractivity contribution in [2.75, 3.05) is 0 Å². The average Bonchev–Trinajstić information content (AvgIpc) is 2.79. The maximum Gasteiger partial charge on any atom is 0.306 e. The largest absolute Gasteiger partial charge is 0.481 e. The first-order valence-electron chi connectivity index (χ1n) is 13.8. The number of rotatable bonds is 24. The smallest absolute Gasteiger partial charge is 0.306 e. The van der Waals surface area contributed by atoms with Crippen LogP contribution in [0, 0.1) is 0 Å². The first kappa shape index (κ1) is 31.4. The second-order valence-corrected chi connectivity index (χ2v) is 9.23. The highest BCUT2D eigenvalue weighted by atomic mass is 16.5. The third kappa shape index (κ3) is 24.9. The molecule has 0 saturated carbocycles. The molecule has 0 aromatic rings. The minimum Gasteiger partial charge on any atom is -0.481 e. The summed E-state index contributed by atoms with van der Waals surface area (Å²) in [6.07, 6.45) is 29.1. The lowest BCUT2D eigenvalue weighted by Crippen LogP contribution is -2.18. The van der Waals surface area contributed by atoms with E-state index in [9.17, 15) is 9.59 Å². The van der Waals surface area contributed by atoms with Gasteiger partial charge in [-0.15, -0.1) is 0 Å². The molecule has 0 amide bonds. The van der Waals surface area contributed by atoms with Crippen LogP contribution in [0.3, 0.4) is 0 Å². The zero-order valence-corrected chi connectivity index (χ0v) is 21.7. The van der Waals surface area contributed by atoms with Gasteiger partial charge in [-0.25, -0.2) is 0 Å². The standard InChI is InChI=1S/C29H52O4/c1-3-5-7-9-10-11-12-13-14-16-19-23-27(33-29(32)26-22-8-6-4-2)24-20-17-15-18-21-25-28(30)31/h10-11,13-14,27H,3-9,12,15-26H2,1-2H3,(H,30,31)/b11-10-,14-13-. The van der Waals surface area contributed by atoms with Gasteiger partial charge in [-0.2, -0.15) is 0 Å². The predicted octanol–water partition coefficient (Wildman–Crippen LogP) is 8.94. The quantitative estimate of drug-likeness (QED) is 0.0879. The lowest BCUT2D eigenvalue weighted by atomic mass is 10.0. The third-order valence-electron chi connectivity index (χ3n) is 5.93. The van der Waals surface area contributed by atoms with Crippen LogP contribution in [0.1, 0.15) is 142 Å². The summed E-state index contributed by atoms with van der Waals surface area (Å²) in [6.45, 7) is 4.41. The molecule has 0 radical (unpaired) electrons. The summed E-state index contributed by atoms with van der Waals surface area (Å²) in [5, 5.41) is 8.71. The SMILES string of the molecule is CCCCC/C=C\C/C=C\CCCC(CCCCCCCC(=O)O)OC(=O)CCCCCC. The van der Waals surface area contributed by atoms with Gasteiger partial charge in [0.05, 0.1) is 0 Å². The van der Waals surface area contributed by atoms with Gasteiger partial charge in [0.15, 0.2) is 0 Å². The van der Waals surface area contributed by atoms with E-state index in [-0.39, 0.29) is 18.5 Å². The number of ether oxygens (including phenoxy) is 1. The maximum absolute atomic E-state index is 12.3. The van der Waals surface area contributed by atoms with Crippen LogP contribution in [-0.2, 0) is 14.3 Å². The summed E-state index contributed by atoms with van der Waals surface area (Å²) in [7, 11) is 0. The molecule has 4 heteroatoms. The van der Waals surface area contributed by atoms with Crippen LogP contribution in [-0.4, -0.2) is 23.1 Å². The Bertz CT molecular complexity index is 510. The highest BCUT2D eigenvalue weighted by molar-refractivity contribution is 5.69. The highest BCUT2D eigenvalue weighted by Gasteiger charge is 2.14. The summed E-state index contributed by atoms with van der Waals surface area (Å²) >= 11 is 0. The fourth-order valence-corrected chi connectivity index (χ4v) is 3.86. The molecule has 1 N–H and O–H groups in total. The Hall–Kier alpha value is -1.58. The summed E-state index contributed by atoms with van der Waals surface area (Å²) in [5.41, 5.74) is 0. The molecule has 0 aliphatic carbocycles. The predicted molar refractivity (Wildman–Crippen MR) is 139 cm³/mol. The molecule has 0 aromatic carbocycles. The topological polar surface area (TPSA) is 63.6 Å². The molecule has 0 bridgehead atoms. The van der Waals surface area contributed by atoms with Gasteiger partial charge in [0.1, 0.15) is 6.10 Å². The summed E-state index contributed by atoms with van der Waals surface area (Å²) in [4.78, 5) is 22.8. The van der Waals surface area contributed by atoms with Gasteiger partial charge < -0.3 is 9.84 Å². The minimum atomic E-state index is -0.710. The van der Waals surface area contributed by atoms with Gasteiger partial charge in [-0.3, -0.25) is 9.59 Å². The van der Waals surface area contributed by atoms with E-state index >= 15 is 0 Å². The molecule has 0 spiro atoms. The fraction of sp³-hybridized carbons (Fsp3) is 0.793. The monoisotopic (exact) mass is 464 g/mol. The number of carbonyl (C=O) groups excluding carboxylic acids is 1. The van der Waals surface area contributed by atoms with Crippen molar-refractivity contribution in [1.82, 2.24) is 0 Å². The normalized spacial score (nSPS) is 12.5. The second kappa shape index (κ2) is 25.1. The van der Waals surface area contributed by atoms with E-state index in [0.717, 1.165) is 77.0 Å². The van der Waals surface area contributed by atoms with Crippen LogP contribution in [0.2, 0.25) is 0 Å². The molecule has 192 valence electrons. The molecule has 0 fully saturated rings. The molecule has 0 aromatic heterocycles. The fourth-order valence-electron chi connectivity index (χ4n) is 3.86. The number of esters is 1. The Kier molecular flexibility index (Phi) is 23.9. The van der Waals surface area contributed by atoms with Gasteiger partial charge >= 0.3 is 11.9 Å². The first-order chi connectivity index (χ1) is 16.1. The molecule has 0 aliphatic heterocycles. The molecule has 0 heterocycles. The molecule has 4 nitrogen and oxygen atoms in total. The van der Waals surface area contributed by atoms with Crippen LogP contribution in [0.5, 0.6) is 0 Å². The van der Waals surface area contributed by atoms with Crippen LogP contribution >= 0.6 is 0 Å². The van der Waals surface area contributed by atoms with Crippen molar-refractivity contribution in [2.24, 2.45) is 0 Å². The summed E-state index contributed by atoms with van der Waals surface area (Å²) in [6, 6.07) is 0. The van der Waals surface area contributed by atoms with E-state index in [1.165, 1.54) is 38.5 Å². The lowest BCUT2D eigenvalue weighted by molar-refractivity contribution is -0.150. The molecule has 1 atom stereocenters. The number of carbonyl (C=O) groups is 2. The van der Waals surface area contributed by atoms with Crippen LogP contribution in [0.25, 0.3) is 0 Å².